The van der Waals surface area contributed by atoms with Gasteiger partial charge in [0, 0.05) is 24.0 Å². The van der Waals surface area contributed by atoms with Gasteiger partial charge in [0.15, 0.2) is 5.06 Å². The molecule has 1 aromatic heterocycles. The van der Waals surface area contributed by atoms with Crippen LogP contribution in [-0.4, -0.2) is 38.7 Å². The van der Waals surface area contributed by atoms with Crippen molar-refractivity contribution in [1.29, 1.82) is 0 Å². The fraction of sp³-hybridized carbons (Fsp3) is 0.636. The average Bonchev–Trinajstić information content (AvgIpc) is 2.65. The van der Waals surface area contributed by atoms with Crippen LogP contribution in [0.1, 0.15) is 11.8 Å². The fourth-order valence-electron chi connectivity index (χ4n) is 1.15. The Balaban J connectivity index is 2.25. The first-order chi connectivity index (χ1) is 7.13. The molecule has 1 rings (SSSR count). The van der Waals surface area contributed by atoms with Crippen molar-refractivity contribution in [3.63, 3.8) is 0 Å². The van der Waals surface area contributed by atoms with Crippen molar-refractivity contribution >= 4 is 11.3 Å². The first-order valence-corrected chi connectivity index (χ1v) is 5.95. The molecule has 0 radical (unpaired) electrons. The number of likely N-dealkylation sites (N-methyl/N-ethyl adjacent to an activating group) is 1. The first kappa shape index (κ1) is 12.5. The molecule has 0 saturated carbocycles. The van der Waals surface area contributed by atoms with E-state index in [2.05, 4.69) is 37.3 Å². The number of thiophene rings is 1. The van der Waals surface area contributed by atoms with Crippen LogP contribution >= 0.6 is 11.3 Å². The highest BCUT2D eigenvalue weighted by atomic mass is 32.1. The number of hydrogen-bond acceptors (Lipinski definition) is 4. The maximum absolute atomic E-state index is 5.14. The molecule has 0 aliphatic heterocycles. The summed E-state index contributed by atoms with van der Waals surface area (Å²) in [4.78, 5) is 3.53. The summed E-state index contributed by atoms with van der Waals surface area (Å²) in [7, 11) is 5.90. The van der Waals surface area contributed by atoms with Gasteiger partial charge in [0.05, 0.1) is 7.11 Å². The van der Waals surface area contributed by atoms with Gasteiger partial charge in [-0.25, -0.2) is 0 Å². The van der Waals surface area contributed by atoms with E-state index in [4.69, 9.17) is 4.74 Å². The number of ether oxygens (including phenoxy) is 1. The van der Waals surface area contributed by atoms with Gasteiger partial charge in [0.1, 0.15) is 0 Å². The van der Waals surface area contributed by atoms with Crippen LogP contribution in [0.4, 0.5) is 0 Å². The minimum absolute atomic E-state index is 0.562. The van der Waals surface area contributed by atoms with E-state index in [1.165, 1.54) is 4.88 Å². The zero-order valence-corrected chi connectivity index (χ0v) is 10.7. The van der Waals surface area contributed by atoms with Crippen LogP contribution in [0.5, 0.6) is 5.06 Å². The molecule has 0 fully saturated rings. The van der Waals surface area contributed by atoms with Gasteiger partial charge < -0.3 is 15.0 Å². The van der Waals surface area contributed by atoms with Crippen molar-refractivity contribution in [1.82, 2.24) is 10.2 Å². The molecule has 1 N–H and O–H groups in total. The lowest BCUT2D eigenvalue weighted by atomic mass is 10.3. The van der Waals surface area contributed by atoms with Crippen molar-refractivity contribution in [2.24, 2.45) is 0 Å². The van der Waals surface area contributed by atoms with Crippen LogP contribution in [0.25, 0.3) is 0 Å². The third-order valence-corrected chi connectivity index (χ3v) is 3.51. The average molecular weight is 228 g/mol. The molecule has 0 bridgehead atoms. The highest BCUT2D eigenvalue weighted by molar-refractivity contribution is 7.13. The highest BCUT2D eigenvalue weighted by Gasteiger charge is 2.04. The van der Waals surface area contributed by atoms with Gasteiger partial charge in [-0.15, -0.1) is 11.3 Å². The van der Waals surface area contributed by atoms with Gasteiger partial charge in [-0.1, -0.05) is 0 Å². The van der Waals surface area contributed by atoms with Gasteiger partial charge in [0.25, 0.3) is 0 Å². The lowest BCUT2D eigenvalue weighted by Gasteiger charge is -2.19. The van der Waals surface area contributed by atoms with Crippen LogP contribution in [0.2, 0.25) is 0 Å². The quantitative estimate of drug-likeness (QED) is 0.803. The highest BCUT2D eigenvalue weighted by Crippen LogP contribution is 2.23. The number of nitrogens with one attached hydrogen (secondary N) is 1. The summed E-state index contributed by atoms with van der Waals surface area (Å²) in [6, 6.07) is 4.68. The van der Waals surface area contributed by atoms with E-state index in [0.717, 1.165) is 18.2 Å². The largest absolute Gasteiger partial charge is 0.487 e. The van der Waals surface area contributed by atoms with Crippen molar-refractivity contribution in [2.45, 2.75) is 19.5 Å². The Morgan fingerprint density at radius 3 is 2.73 bits per heavy atom. The zero-order valence-electron chi connectivity index (χ0n) is 9.91. The molecule has 0 spiro atoms. The molecule has 0 saturated heterocycles. The van der Waals surface area contributed by atoms with E-state index >= 15 is 0 Å². The van der Waals surface area contributed by atoms with Gasteiger partial charge >= 0.3 is 0 Å². The monoisotopic (exact) mass is 228 g/mol. The Kier molecular flexibility index (Phi) is 5.08. The smallest absolute Gasteiger partial charge is 0.173 e. The van der Waals surface area contributed by atoms with Crippen molar-refractivity contribution in [3.05, 3.63) is 17.0 Å². The summed E-state index contributed by atoms with van der Waals surface area (Å²) in [5, 5.41) is 4.41. The minimum atomic E-state index is 0.562. The number of nitrogens with zero attached hydrogens (tertiary/aromatic N) is 1. The number of hydrogen-bond donors (Lipinski definition) is 1. The predicted octanol–water partition coefficient (Wildman–Crippen LogP) is 1.80. The summed E-state index contributed by atoms with van der Waals surface area (Å²) in [5.41, 5.74) is 0. The molecule has 0 amide bonds. The van der Waals surface area contributed by atoms with Gasteiger partial charge in [0.2, 0.25) is 0 Å². The summed E-state index contributed by atoms with van der Waals surface area (Å²) in [6.07, 6.45) is 0. The Hall–Kier alpha value is -0.580. The Labute approximate surface area is 96.0 Å². The maximum Gasteiger partial charge on any atom is 0.173 e. The molecule has 1 unspecified atom stereocenters. The fourth-order valence-corrected chi connectivity index (χ4v) is 1.94. The van der Waals surface area contributed by atoms with Crippen molar-refractivity contribution in [3.8, 4) is 5.06 Å². The van der Waals surface area contributed by atoms with Gasteiger partial charge in [-0.05, 0) is 33.2 Å². The molecule has 4 heteroatoms. The second kappa shape index (κ2) is 6.10. The molecular formula is C11H20N2OS. The van der Waals surface area contributed by atoms with Crippen LogP contribution in [0.3, 0.4) is 0 Å². The summed E-state index contributed by atoms with van der Waals surface area (Å²) < 4.78 is 5.14. The SMILES string of the molecule is COc1ccc(CNCC(C)N(C)C)s1. The molecule has 1 heterocycles. The molecule has 0 aliphatic carbocycles. The Morgan fingerprint density at radius 1 is 1.47 bits per heavy atom. The summed E-state index contributed by atoms with van der Waals surface area (Å²) in [6.45, 7) is 4.14. The third-order valence-electron chi connectivity index (χ3n) is 2.46. The van der Waals surface area contributed by atoms with E-state index < -0.39 is 0 Å². The molecule has 86 valence electrons. The Morgan fingerprint density at radius 2 is 2.20 bits per heavy atom. The number of rotatable bonds is 6. The van der Waals surface area contributed by atoms with Gasteiger partial charge in [-0.3, -0.25) is 0 Å². The molecule has 1 atom stereocenters. The maximum atomic E-state index is 5.14. The van der Waals surface area contributed by atoms with E-state index in [-0.39, 0.29) is 0 Å². The van der Waals surface area contributed by atoms with Gasteiger partial charge in [-0.2, -0.15) is 0 Å². The van der Waals surface area contributed by atoms with E-state index in [0.29, 0.717) is 6.04 Å². The number of methoxy groups -OCH3 is 1. The van der Waals surface area contributed by atoms with Crippen molar-refractivity contribution < 1.29 is 4.74 Å². The molecule has 3 nitrogen and oxygen atoms in total. The van der Waals surface area contributed by atoms with Crippen molar-refractivity contribution in [2.75, 3.05) is 27.7 Å². The minimum Gasteiger partial charge on any atom is -0.487 e. The van der Waals surface area contributed by atoms with Crippen LogP contribution in [0.15, 0.2) is 12.1 Å². The van der Waals surface area contributed by atoms with Crippen LogP contribution in [-0.2, 0) is 6.54 Å². The van der Waals surface area contributed by atoms with E-state index in [1.54, 1.807) is 18.4 Å². The van der Waals surface area contributed by atoms with E-state index in [1.807, 2.05) is 6.07 Å². The lowest BCUT2D eigenvalue weighted by Crippen LogP contribution is -2.34. The molecule has 0 aliphatic rings. The summed E-state index contributed by atoms with van der Waals surface area (Å²) >= 11 is 1.69. The molecule has 1 aromatic rings. The zero-order chi connectivity index (χ0) is 11.3. The Bertz CT molecular complexity index is 286. The lowest BCUT2D eigenvalue weighted by molar-refractivity contribution is 0.303. The molecule has 15 heavy (non-hydrogen) atoms. The topological polar surface area (TPSA) is 24.5 Å². The first-order valence-electron chi connectivity index (χ1n) is 5.13. The van der Waals surface area contributed by atoms with Crippen LogP contribution < -0.4 is 10.1 Å². The third kappa shape index (κ3) is 4.20. The molecule has 0 aromatic carbocycles. The second-order valence-corrected chi connectivity index (χ2v) is 5.00. The standard InChI is InChI=1S/C11H20N2OS/c1-9(13(2)3)7-12-8-10-5-6-11(14-4)15-10/h5-6,9,12H,7-8H2,1-4H3. The van der Waals surface area contributed by atoms with E-state index in [9.17, 15) is 0 Å². The van der Waals surface area contributed by atoms with Crippen LogP contribution in [0, 0.1) is 0 Å². The summed E-state index contributed by atoms with van der Waals surface area (Å²) in [5.74, 6) is 0. The normalized spacial score (nSPS) is 13.1. The second-order valence-electron chi connectivity index (χ2n) is 3.87. The molecular weight excluding hydrogens is 208 g/mol. The predicted molar refractivity (Wildman–Crippen MR) is 65.7 cm³/mol.